The summed E-state index contributed by atoms with van der Waals surface area (Å²) in [6.45, 7) is 12.5. The molecule has 3 aromatic rings. The van der Waals surface area contributed by atoms with Crippen molar-refractivity contribution in [2.45, 2.75) is 59.6 Å². The van der Waals surface area contributed by atoms with Crippen LogP contribution in [-0.2, 0) is 22.5 Å². The number of aryl methyl sites for hydroxylation is 2. The zero-order valence-electron chi connectivity index (χ0n) is 18.7. The number of allylic oxidation sites excluding steroid dienone is 1. The highest BCUT2D eigenvalue weighted by Crippen LogP contribution is 2.31. The third kappa shape index (κ3) is 5.23. The van der Waals surface area contributed by atoms with Crippen LogP contribution in [0.25, 0.3) is 22.0 Å². The van der Waals surface area contributed by atoms with Crippen LogP contribution in [0.5, 0.6) is 0 Å². The first-order chi connectivity index (χ1) is 14.6. The van der Waals surface area contributed by atoms with Crippen LogP contribution < -0.4 is 0 Å². The molecule has 1 aromatic carbocycles. The number of nitrogens with zero attached hydrogens (tertiary/aromatic N) is 4. The van der Waals surface area contributed by atoms with Crippen LogP contribution in [0.4, 0.5) is 0 Å². The SMILES string of the molecule is C=CCCc1cc(-c2cnc(C)nc2)cc2c(C(C)=O)nn(CC(=O)OC(C)(C)C)c12. The molecule has 0 aliphatic rings. The highest BCUT2D eigenvalue weighted by molar-refractivity contribution is 6.07. The molecule has 0 saturated heterocycles. The molecule has 0 bridgehead atoms. The van der Waals surface area contributed by atoms with Crippen LogP contribution in [0.1, 0.15) is 56.0 Å². The molecule has 7 heteroatoms. The van der Waals surface area contributed by atoms with E-state index < -0.39 is 11.6 Å². The summed E-state index contributed by atoms with van der Waals surface area (Å²) >= 11 is 0. The molecule has 0 radical (unpaired) electrons. The van der Waals surface area contributed by atoms with Gasteiger partial charge in [-0.1, -0.05) is 6.08 Å². The van der Waals surface area contributed by atoms with Gasteiger partial charge < -0.3 is 4.74 Å². The van der Waals surface area contributed by atoms with Gasteiger partial charge in [-0.3, -0.25) is 14.3 Å². The minimum atomic E-state index is -0.603. The number of benzene rings is 1. The Bertz CT molecular complexity index is 1140. The van der Waals surface area contributed by atoms with Crippen LogP contribution >= 0.6 is 0 Å². The monoisotopic (exact) mass is 420 g/mol. The Morgan fingerprint density at radius 1 is 1.16 bits per heavy atom. The molecule has 0 fully saturated rings. The maximum atomic E-state index is 12.5. The summed E-state index contributed by atoms with van der Waals surface area (Å²) in [6, 6.07) is 3.95. The second-order valence-electron chi connectivity index (χ2n) is 8.53. The number of aromatic nitrogens is 4. The van der Waals surface area contributed by atoms with Gasteiger partial charge in [0.15, 0.2) is 5.78 Å². The van der Waals surface area contributed by atoms with Gasteiger partial charge in [-0.25, -0.2) is 9.97 Å². The third-order valence-electron chi connectivity index (χ3n) is 4.69. The van der Waals surface area contributed by atoms with Crippen molar-refractivity contribution in [3.8, 4) is 11.1 Å². The van der Waals surface area contributed by atoms with Crippen molar-refractivity contribution in [1.29, 1.82) is 0 Å². The van der Waals surface area contributed by atoms with E-state index in [0.29, 0.717) is 23.3 Å². The molecule has 0 amide bonds. The van der Waals surface area contributed by atoms with E-state index in [1.54, 1.807) is 17.1 Å². The second kappa shape index (κ2) is 8.79. The molecule has 0 spiro atoms. The molecule has 31 heavy (non-hydrogen) atoms. The van der Waals surface area contributed by atoms with E-state index >= 15 is 0 Å². The lowest BCUT2D eigenvalue weighted by molar-refractivity contribution is -0.155. The number of hydrogen-bond acceptors (Lipinski definition) is 6. The second-order valence-corrected chi connectivity index (χ2v) is 8.53. The normalized spacial score (nSPS) is 11.5. The van der Waals surface area contributed by atoms with Gasteiger partial charge in [-0.05, 0) is 63.8 Å². The topological polar surface area (TPSA) is 87.0 Å². The number of ether oxygens (including phenoxy) is 1. The van der Waals surface area contributed by atoms with Gasteiger partial charge in [-0.2, -0.15) is 5.10 Å². The highest BCUT2D eigenvalue weighted by Gasteiger charge is 2.22. The summed E-state index contributed by atoms with van der Waals surface area (Å²) in [4.78, 5) is 33.4. The number of esters is 1. The molecule has 0 unspecified atom stereocenters. The van der Waals surface area contributed by atoms with Gasteiger partial charge in [-0.15, -0.1) is 6.58 Å². The minimum absolute atomic E-state index is 0.0743. The van der Waals surface area contributed by atoms with Gasteiger partial charge in [0.25, 0.3) is 0 Å². The fourth-order valence-corrected chi connectivity index (χ4v) is 3.43. The summed E-state index contributed by atoms with van der Waals surface area (Å²) < 4.78 is 7.05. The standard InChI is InChI=1S/C24H28N4O3/c1-7-8-9-17-10-18(19-12-25-16(3)26-13-19)11-20-22(15(2)29)27-28(23(17)20)14-21(30)31-24(4,5)6/h7,10-13H,1,8-9,14H2,2-6H3. The van der Waals surface area contributed by atoms with Gasteiger partial charge in [0.05, 0.1) is 5.52 Å². The summed E-state index contributed by atoms with van der Waals surface area (Å²) in [7, 11) is 0. The fraction of sp³-hybridized carbons (Fsp3) is 0.375. The van der Waals surface area contributed by atoms with E-state index in [1.807, 2.05) is 45.9 Å². The Balaban J connectivity index is 2.19. The Morgan fingerprint density at radius 2 is 1.84 bits per heavy atom. The van der Waals surface area contributed by atoms with Crippen LogP contribution in [0, 0.1) is 6.92 Å². The van der Waals surface area contributed by atoms with E-state index in [-0.39, 0.29) is 12.3 Å². The maximum Gasteiger partial charge on any atom is 0.328 e. The summed E-state index contributed by atoms with van der Waals surface area (Å²) in [5.41, 5.74) is 3.19. The number of fused-ring (bicyclic) bond motifs is 1. The average molecular weight is 421 g/mol. The molecule has 0 N–H and O–H groups in total. The third-order valence-corrected chi connectivity index (χ3v) is 4.69. The molecule has 0 aliphatic carbocycles. The first-order valence-corrected chi connectivity index (χ1v) is 10.2. The van der Waals surface area contributed by atoms with Crippen LogP contribution in [0.3, 0.4) is 0 Å². The molecular formula is C24H28N4O3. The van der Waals surface area contributed by atoms with Gasteiger partial charge >= 0.3 is 5.97 Å². The summed E-state index contributed by atoms with van der Waals surface area (Å²) in [5, 5.41) is 5.19. The zero-order chi connectivity index (χ0) is 22.8. The predicted octanol–water partition coefficient (Wildman–Crippen LogP) is 4.46. The molecule has 2 heterocycles. The number of ketones is 1. The smallest absolute Gasteiger partial charge is 0.328 e. The van der Waals surface area contributed by atoms with E-state index in [2.05, 4.69) is 21.6 Å². The lowest BCUT2D eigenvalue weighted by Gasteiger charge is -2.19. The van der Waals surface area contributed by atoms with Crippen molar-refractivity contribution in [3.05, 3.63) is 54.3 Å². The van der Waals surface area contributed by atoms with Crippen molar-refractivity contribution < 1.29 is 14.3 Å². The molecule has 7 nitrogen and oxygen atoms in total. The Morgan fingerprint density at radius 3 is 2.42 bits per heavy atom. The molecule has 0 aliphatic heterocycles. The van der Waals surface area contributed by atoms with E-state index in [1.165, 1.54) is 6.92 Å². The maximum absolute atomic E-state index is 12.5. The van der Waals surface area contributed by atoms with E-state index in [0.717, 1.165) is 28.6 Å². The molecule has 0 saturated carbocycles. The zero-order valence-corrected chi connectivity index (χ0v) is 18.7. The Labute approximate surface area is 182 Å². The largest absolute Gasteiger partial charge is 0.459 e. The fourth-order valence-electron chi connectivity index (χ4n) is 3.43. The highest BCUT2D eigenvalue weighted by atomic mass is 16.6. The first-order valence-electron chi connectivity index (χ1n) is 10.2. The van der Waals surface area contributed by atoms with Crippen molar-refractivity contribution in [2.24, 2.45) is 0 Å². The molecule has 3 rings (SSSR count). The van der Waals surface area contributed by atoms with Crippen molar-refractivity contribution in [2.75, 3.05) is 0 Å². The van der Waals surface area contributed by atoms with Crippen LogP contribution in [0.15, 0.2) is 37.2 Å². The van der Waals surface area contributed by atoms with Gasteiger partial charge in [0.1, 0.15) is 23.7 Å². The van der Waals surface area contributed by atoms with Crippen LogP contribution in [0.2, 0.25) is 0 Å². The van der Waals surface area contributed by atoms with Gasteiger partial charge in [0.2, 0.25) is 0 Å². The minimum Gasteiger partial charge on any atom is -0.459 e. The lowest BCUT2D eigenvalue weighted by Crippen LogP contribution is -2.27. The van der Waals surface area contributed by atoms with E-state index in [9.17, 15) is 9.59 Å². The quantitative estimate of drug-likeness (QED) is 0.318. The van der Waals surface area contributed by atoms with Crippen LogP contribution in [-0.4, -0.2) is 37.1 Å². The molecule has 2 aromatic heterocycles. The number of carbonyl (C=O) groups is 2. The molecule has 0 atom stereocenters. The van der Waals surface area contributed by atoms with E-state index in [4.69, 9.17) is 4.74 Å². The lowest BCUT2D eigenvalue weighted by atomic mass is 9.98. The predicted molar refractivity (Wildman–Crippen MR) is 120 cm³/mol. The Kier molecular flexibility index (Phi) is 6.34. The van der Waals surface area contributed by atoms with Gasteiger partial charge in [0, 0.05) is 30.3 Å². The van der Waals surface area contributed by atoms with Crippen molar-refractivity contribution >= 4 is 22.7 Å². The summed E-state index contributed by atoms with van der Waals surface area (Å²) in [6.07, 6.45) is 6.81. The molecule has 162 valence electrons. The number of carbonyl (C=O) groups excluding carboxylic acids is 2. The summed E-state index contributed by atoms with van der Waals surface area (Å²) in [5.74, 6) is 0.115. The first kappa shape index (κ1) is 22.3. The number of rotatable bonds is 7. The average Bonchev–Trinajstić information content (AvgIpc) is 3.03. The number of Topliss-reactive ketones (excluding diaryl/α,β-unsaturated/α-hetero) is 1. The molecular weight excluding hydrogens is 392 g/mol. The number of hydrogen-bond donors (Lipinski definition) is 0. The Hall–Kier alpha value is -3.35. The van der Waals surface area contributed by atoms with Crippen molar-refractivity contribution in [3.63, 3.8) is 0 Å². The van der Waals surface area contributed by atoms with Crippen molar-refractivity contribution in [1.82, 2.24) is 19.7 Å².